The number of hydrazine groups is 1. The van der Waals surface area contributed by atoms with Gasteiger partial charge in [0, 0.05) is 12.7 Å². The minimum Gasteiger partial charge on any atom is -0.287 e. The van der Waals surface area contributed by atoms with Crippen LogP contribution >= 0.6 is 0 Å². The van der Waals surface area contributed by atoms with Crippen molar-refractivity contribution in [3.8, 4) is 0 Å². The number of aromatic nitrogens is 1. The number of hydrogen-bond acceptors (Lipinski definition) is 4. The third kappa shape index (κ3) is 2.96. The Labute approximate surface area is 72.4 Å². The third-order valence-electron chi connectivity index (χ3n) is 1.52. The van der Waals surface area contributed by atoms with Gasteiger partial charge in [-0.05, 0) is 19.2 Å². The lowest BCUT2D eigenvalue weighted by atomic mass is 10.3. The summed E-state index contributed by atoms with van der Waals surface area (Å²) in [5.74, 6) is 5.17. The van der Waals surface area contributed by atoms with Crippen molar-refractivity contribution < 1.29 is 0 Å². The van der Waals surface area contributed by atoms with Crippen LogP contribution in [0.5, 0.6) is 0 Å². The van der Waals surface area contributed by atoms with Crippen molar-refractivity contribution in [1.29, 1.82) is 0 Å². The Balaban J connectivity index is 2.41. The number of nitrogens with two attached hydrogens (primary N) is 1. The summed E-state index contributed by atoms with van der Waals surface area (Å²) in [5.41, 5.74) is 3.64. The highest BCUT2D eigenvalue weighted by Gasteiger charge is 1.97. The van der Waals surface area contributed by atoms with Gasteiger partial charge >= 0.3 is 0 Å². The molecule has 0 aromatic carbocycles. The van der Waals surface area contributed by atoms with Crippen molar-refractivity contribution in [2.75, 3.05) is 13.7 Å². The molecule has 1 rings (SSSR count). The van der Waals surface area contributed by atoms with Crippen LogP contribution in [0.3, 0.4) is 0 Å². The van der Waals surface area contributed by atoms with Crippen molar-refractivity contribution in [3.05, 3.63) is 30.1 Å². The largest absolute Gasteiger partial charge is 0.287 e. The van der Waals surface area contributed by atoms with Gasteiger partial charge in [-0.15, -0.1) is 0 Å². The van der Waals surface area contributed by atoms with E-state index in [4.69, 9.17) is 5.84 Å². The van der Waals surface area contributed by atoms with Crippen LogP contribution in [-0.2, 0) is 6.54 Å². The molecule has 66 valence electrons. The average Bonchev–Trinajstić information content (AvgIpc) is 2.06. The van der Waals surface area contributed by atoms with Crippen LogP contribution in [0.25, 0.3) is 0 Å². The SMILES string of the molecule is CN(CNN)Cc1ccccn1. The topological polar surface area (TPSA) is 54.2 Å². The van der Waals surface area contributed by atoms with Gasteiger partial charge in [0.25, 0.3) is 0 Å². The molecule has 0 spiro atoms. The van der Waals surface area contributed by atoms with Crippen molar-refractivity contribution in [2.45, 2.75) is 6.54 Å². The third-order valence-corrected chi connectivity index (χ3v) is 1.52. The summed E-state index contributed by atoms with van der Waals surface area (Å²) in [4.78, 5) is 6.23. The highest BCUT2D eigenvalue weighted by Crippen LogP contribution is 1.96. The van der Waals surface area contributed by atoms with Gasteiger partial charge in [-0.3, -0.25) is 15.7 Å². The monoisotopic (exact) mass is 166 g/mol. The Bertz CT molecular complexity index is 212. The maximum Gasteiger partial charge on any atom is 0.0613 e. The van der Waals surface area contributed by atoms with Crippen molar-refractivity contribution >= 4 is 0 Å². The Morgan fingerprint density at radius 1 is 1.58 bits per heavy atom. The summed E-state index contributed by atoms with van der Waals surface area (Å²) in [5, 5.41) is 0. The number of nitrogens with one attached hydrogen (secondary N) is 1. The molecule has 0 fully saturated rings. The van der Waals surface area contributed by atoms with Crippen molar-refractivity contribution in [1.82, 2.24) is 15.3 Å². The molecule has 4 nitrogen and oxygen atoms in total. The van der Waals surface area contributed by atoms with E-state index in [9.17, 15) is 0 Å². The summed E-state index contributed by atoms with van der Waals surface area (Å²) in [6.07, 6.45) is 1.79. The minimum atomic E-state index is 0.663. The zero-order valence-corrected chi connectivity index (χ0v) is 7.20. The molecule has 0 amide bonds. The van der Waals surface area contributed by atoms with Crippen LogP contribution in [-0.4, -0.2) is 23.6 Å². The van der Waals surface area contributed by atoms with E-state index < -0.39 is 0 Å². The molecular formula is C8H14N4. The van der Waals surface area contributed by atoms with Gasteiger partial charge in [0.2, 0.25) is 0 Å². The maximum absolute atomic E-state index is 5.17. The van der Waals surface area contributed by atoms with Gasteiger partial charge in [-0.2, -0.15) is 0 Å². The fourth-order valence-corrected chi connectivity index (χ4v) is 0.980. The van der Waals surface area contributed by atoms with E-state index in [1.54, 1.807) is 6.20 Å². The lowest BCUT2D eigenvalue weighted by molar-refractivity contribution is 0.298. The Morgan fingerprint density at radius 2 is 2.42 bits per heavy atom. The zero-order valence-electron chi connectivity index (χ0n) is 7.20. The van der Waals surface area contributed by atoms with Gasteiger partial charge in [0.15, 0.2) is 0 Å². The molecule has 0 aliphatic carbocycles. The van der Waals surface area contributed by atoms with Crippen LogP contribution < -0.4 is 11.3 Å². The van der Waals surface area contributed by atoms with Crippen molar-refractivity contribution in [3.63, 3.8) is 0 Å². The molecule has 0 aliphatic rings. The molecule has 0 bridgehead atoms. The first-order valence-electron chi connectivity index (χ1n) is 3.85. The van der Waals surface area contributed by atoms with Crippen LogP contribution in [0.4, 0.5) is 0 Å². The molecule has 1 aromatic heterocycles. The van der Waals surface area contributed by atoms with Crippen LogP contribution in [0.15, 0.2) is 24.4 Å². The molecule has 0 saturated heterocycles. The first-order valence-corrected chi connectivity index (χ1v) is 3.85. The van der Waals surface area contributed by atoms with Gasteiger partial charge in [-0.25, -0.2) is 5.43 Å². The van der Waals surface area contributed by atoms with Crippen LogP contribution in [0.1, 0.15) is 5.69 Å². The molecule has 0 radical (unpaired) electrons. The van der Waals surface area contributed by atoms with E-state index in [1.807, 2.05) is 30.1 Å². The van der Waals surface area contributed by atoms with Gasteiger partial charge in [-0.1, -0.05) is 6.07 Å². The molecule has 0 atom stereocenters. The van der Waals surface area contributed by atoms with Gasteiger partial charge < -0.3 is 0 Å². The summed E-state index contributed by atoms with van der Waals surface area (Å²) in [6, 6.07) is 5.88. The highest BCUT2D eigenvalue weighted by atomic mass is 15.3. The fourth-order valence-electron chi connectivity index (χ4n) is 0.980. The second-order valence-electron chi connectivity index (χ2n) is 2.70. The number of pyridine rings is 1. The first kappa shape index (κ1) is 9.12. The molecule has 0 unspecified atom stereocenters. The number of hydrogen-bond donors (Lipinski definition) is 2. The molecule has 1 aromatic rings. The summed E-state index contributed by atoms with van der Waals surface area (Å²) in [7, 11) is 1.98. The predicted molar refractivity (Wildman–Crippen MR) is 47.9 cm³/mol. The molecular weight excluding hydrogens is 152 g/mol. The summed E-state index contributed by atoms with van der Waals surface area (Å²) >= 11 is 0. The quantitative estimate of drug-likeness (QED) is 0.373. The van der Waals surface area contributed by atoms with Gasteiger partial charge in [0.1, 0.15) is 0 Å². The van der Waals surface area contributed by atoms with E-state index in [0.29, 0.717) is 6.67 Å². The van der Waals surface area contributed by atoms with E-state index in [2.05, 4.69) is 10.4 Å². The lowest BCUT2D eigenvalue weighted by Crippen LogP contribution is -2.35. The summed E-state index contributed by atoms with van der Waals surface area (Å²) < 4.78 is 0. The average molecular weight is 166 g/mol. The fraction of sp³-hybridized carbons (Fsp3) is 0.375. The molecule has 0 aliphatic heterocycles. The molecule has 12 heavy (non-hydrogen) atoms. The smallest absolute Gasteiger partial charge is 0.0613 e. The van der Waals surface area contributed by atoms with E-state index in [1.165, 1.54) is 0 Å². The van der Waals surface area contributed by atoms with Crippen LogP contribution in [0, 0.1) is 0 Å². The maximum atomic E-state index is 5.17. The highest BCUT2D eigenvalue weighted by molar-refractivity contribution is 5.02. The van der Waals surface area contributed by atoms with E-state index in [0.717, 1.165) is 12.2 Å². The Morgan fingerprint density at radius 3 is 3.00 bits per heavy atom. The number of rotatable bonds is 4. The first-order chi connectivity index (χ1) is 5.83. The lowest BCUT2D eigenvalue weighted by Gasteiger charge is -2.14. The second-order valence-corrected chi connectivity index (χ2v) is 2.70. The standard InChI is InChI=1S/C8H14N4/c1-12(7-11-9)6-8-4-2-3-5-10-8/h2-5,11H,6-7,9H2,1H3. The second kappa shape index (κ2) is 4.82. The molecule has 1 heterocycles. The normalized spacial score (nSPS) is 10.6. The number of nitrogens with zero attached hydrogens (tertiary/aromatic N) is 2. The summed E-state index contributed by atoms with van der Waals surface area (Å²) in [6.45, 7) is 1.47. The molecule has 0 saturated carbocycles. The Hall–Kier alpha value is -0.970. The molecule has 3 N–H and O–H groups in total. The van der Waals surface area contributed by atoms with E-state index in [-0.39, 0.29) is 0 Å². The van der Waals surface area contributed by atoms with E-state index >= 15 is 0 Å². The van der Waals surface area contributed by atoms with Crippen molar-refractivity contribution in [2.24, 2.45) is 5.84 Å². The van der Waals surface area contributed by atoms with Crippen LogP contribution in [0.2, 0.25) is 0 Å². The molecule has 4 heteroatoms. The Kier molecular flexibility index (Phi) is 3.66. The minimum absolute atomic E-state index is 0.663. The predicted octanol–water partition coefficient (Wildman–Crippen LogP) is -0.0658. The zero-order chi connectivity index (χ0) is 8.81. The van der Waals surface area contributed by atoms with Gasteiger partial charge in [0.05, 0.1) is 12.4 Å².